The van der Waals surface area contributed by atoms with Gasteiger partial charge in [-0.1, -0.05) is 29.8 Å². The molecule has 0 aliphatic carbocycles. The minimum Gasteiger partial charge on any atom is -0.506 e. The molecule has 5 nitrogen and oxygen atoms in total. The van der Waals surface area contributed by atoms with E-state index in [2.05, 4.69) is 27.0 Å². The fourth-order valence-electron chi connectivity index (χ4n) is 4.23. The molecule has 5 rings (SSSR count). The third-order valence-electron chi connectivity index (χ3n) is 5.74. The Kier molecular flexibility index (Phi) is 5.33. The van der Waals surface area contributed by atoms with E-state index in [1.165, 1.54) is 0 Å². The van der Waals surface area contributed by atoms with Gasteiger partial charge in [0.25, 0.3) is 0 Å². The molecule has 1 fully saturated rings. The molecule has 7 heteroatoms. The number of benzene rings is 2. The summed E-state index contributed by atoms with van der Waals surface area (Å²) in [5.41, 5.74) is 4.54. The van der Waals surface area contributed by atoms with Crippen LogP contribution in [0.25, 0.3) is 5.69 Å². The Hall–Kier alpha value is -3.35. The van der Waals surface area contributed by atoms with E-state index in [9.17, 15) is 5.11 Å². The van der Waals surface area contributed by atoms with Crippen LogP contribution in [-0.4, -0.2) is 19.8 Å². The number of phenolic OH excluding ortho intramolecular Hbond substituents is 1. The number of anilines is 1. The van der Waals surface area contributed by atoms with Gasteiger partial charge in [-0.15, -0.1) is 0 Å². The summed E-state index contributed by atoms with van der Waals surface area (Å²) < 4.78 is 2.13. The van der Waals surface area contributed by atoms with Gasteiger partial charge in [-0.2, -0.15) is 0 Å². The summed E-state index contributed by atoms with van der Waals surface area (Å²) in [7, 11) is 0. The summed E-state index contributed by atoms with van der Waals surface area (Å²) in [5.74, 6) is 0.170. The highest BCUT2D eigenvalue weighted by Gasteiger charge is 2.42. The Morgan fingerprint density at radius 2 is 1.84 bits per heavy atom. The molecule has 2 N–H and O–H groups in total. The maximum absolute atomic E-state index is 10.6. The first-order chi connectivity index (χ1) is 15.5. The Labute approximate surface area is 196 Å². The van der Waals surface area contributed by atoms with Gasteiger partial charge in [0.1, 0.15) is 11.8 Å². The van der Waals surface area contributed by atoms with Crippen LogP contribution in [0.2, 0.25) is 5.02 Å². The second kappa shape index (κ2) is 8.30. The van der Waals surface area contributed by atoms with E-state index in [0.29, 0.717) is 10.8 Å². The number of pyridine rings is 1. The molecular formula is C25H21ClN4OS. The Morgan fingerprint density at radius 3 is 2.59 bits per heavy atom. The molecule has 0 radical (unpaired) electrons. The van der Waals surface area contributed by atoms with Crippen molar-refractivity contribution < 1.29 is 5.11 Å². The quantitative estimate of drug-likeness (QED) is 0.381. The molecule has 1 aliphatic heterocycles. The monoisotopic (exact) mass is 460 g/mol. The predicted molar refractivity (Wildman–Crippen MR) is 132 cm³/mol. The fourth-order valence-corrected chi connectivity index (χ4v) is 4.69. The average molecular weight is 461 g/mol. The molecule has 160 valence electrons. The highest BCUT2D eigenvalue weighted by atomic mass is 35.5. The van der Waals surface area contributed by atoms with Crippen LogP contribution in [0.1, 0.15) is 29.0 Å². The van der Waals surface area contributed by atoms with E-state index in [1.807, 2.05) is 66.6 Å². The molecule has 0 saturated carbocycles. The second-order valence-electron chi connectivity index (χ2n) is 7.72. The zero-order valence-corrected chi connectivity index (χ0v) is 18.9. The van der Waals surface area contributed by atoms with E-state index in [-0.39, 0.29) is 17.8 Å². The number of halogens is 1. The van der Waals surface area contributed by atoms with Gasteiger partial charge in [0.15, 0.2) is 5.11 Å². The number of hydrogen-bond donors (Lipinski definition) is 2. The first kappa shape index (κ1) is 20.5. The highest BCUT2D eigenvalue weighted by molar-refractivity contribution is 7.80. The van der Waals surface area contributed by atoms with Gasteiger partial charge in [-0.05, 0) is 79.3 Å². The standard InChI is InChI=1S/C25H21ClN4OS/c1-16-15-17(11-12-18(16)26)29-14-6-9-21(29)24-23(19-7-4-5-13-27-19)28-25(32)30(24)20-8-2-3-10-22(20)31/h2-15,23-24,31H,1H3,(H,28,32)/t23-,24+/m0/s1. The SMILES string of the molecule is Cc1cc(-n2cccc2[C@@H]2[C@H](c3ccccn3)NC(=S)N2c2ccccc2O)ccc1Cl. The molecule has 0 unspecified atom stereocenters. The van der Waals surface area contributed by atoms with Crippen LogP contribution in [0, 0.1) is 6.92 Å². The summed E-state index contributed by atoms with van der Waals surface area (Å²) in [5, 5.41) is 15.3. The van der Waals surface area contributed by atoms with E-state index >= 15 is 0 Å². The van der Waals surface area contributed by atoms with Crippen LogP contribution >= 0.6 is 23.8 Å². The van der Waals surface area contributed by atoms with Crippen LogP contribution in [0.5, 0.6) is 5.75 Å². The Balaban J connectivity index is 1.69. The summed E-state index contributed by atoms with van der Waals surface area (Å²) in [6.45, 7) is 1.99. The van der Waals surface area contributed by atoms with Gasteiger partial charge in [-0.25, -0.2) is 0 Å². The summed E-state index contributed by atoms with van der Waals surface area (Å²) >= 11 is 12.0. The summed E-state index contributed by atoms with van der Waals surface area (Å²) in [6, 6.07) is 22.7. The molecule has 0 amide bonds. The van der Waals surface area contributed by atoms with Gasteiger partial charge in [0.2, 0.25) is 0 Å². The van der Waals surface area contributed by atoms with Crippen molar-refractivity contribution in [1.82, 2.24) is 14.9 Å². The van der Waals surface area contributed by atoms with Crippen molar-refractivity contribution in [2.45, 2.75) is 19.0 Å². The van der Waals surface area contributed by atoms with Gasteiger partial charge < -0.3 is 19.9 Å². The van der Waals surface area contributed by atoms with E-state index in [4.69, 9.17) is 23.8 Å². The van der Waals surface area contributed by atoms with Crippen molar-refractivity contribution in [2.24, 2.45) is 0 Å². The number of aryl methyl sites for hydroxylation is 1. The molecule has 0 spiro atoms. The third-order valence-corrected chi connectivity index (χ3v) is 6.48. The lowest BCUT2D eigenvalue weighted by atomic mass is 10.0. The van der Waals surface area contributed by atoms with Gasteiger partial charge in [-0.3, -0.25) is 4.98 Å². The highest BCUT2D eigenvalue weighted by Crippen LogP contribution is 2.44. The molecule has 32 heavy (non-hydrogen) atoms. The van der Waals surface area contributed by atoms with Crippen molar-refractivity contribution in [3.05, 3.63) is 107 Å². The number of phenols is 1. The number of thiocarbonyl (C=S) groups is 1. The van der Waals surface area contributed by atoms with Crippen LogP contribution in [0.15, 0.2) is 85.2 Å². The van der Waals surface area contributed by atoms with Crippen molar-refractivity contribution in [1.29, 1.82) is 0 Å². The lowest BCUT2D eigenvalue weighted by Gasteiger charge is -2.29. The lowest BCUT2D eigenvalue weighted by molar-refractivity contribution is 0.472. The molecule has 2 aromatic heterocycles. The molecule has 0 bridgehead atoms. The zero-order chi connectivity index (χ0) is 22.2. The van der Waals surface area contributed by atoms with E-state index in [1.54, 1.807) is 18.3 Å². The summed E-state index contributed by atoms with van der Waals surface area (Å²) in [4.78, 5) is 6.57. The first-order valence-electron chi connectivity index (χ1n) is 10.3. The maximum Gasteiger partial charge on any atom is 0.174 e. The Bertz CT molecular complexity index is 1290. The Morgan fingerprint density at radius 1 is 1.03 bits per heavy atom. The number of nitrogens with zero attached hydrogens (tertiary/aromatic N) is 3. The average Bonchev–Trinajstić information content (AvgIpc) is 3.41. The largest absolute Gasteiger partial charge is 0.506 e. The van der Waals surface area contributed by atoms with Gasteiger partial charge in [0, 0.05) is 28.8 Å². The second-order valence-corrected chi connectivity index (χ2v) is 8.52. The molecular weight excluding hydrogens is 440 g/mol. The number of aromatic nitrogens is 2. The molecule has 2 aromatic carbocycles. The van der Waals surface area contributed by atoms with Crippen LogP contribution < -0.4 is 10.2 Å². The number of rotatable bonds is 4. The topological polar surface area (TPSA) is 53.3 Å². The lowest BCUT2D eigenvalue weighted by Crippen LogP contribution is -2.30. The molecule has 3 heterocycles. The number of hydrogen-bond acceptors (Lipinski definition) is 3. The van der Waals surface area contributed by atoms with Gasteiger partial charge >= 0.3 is 0 Å². The minimum atomic E-state index is -0.239. The van der Waals surface area contributed by atoms with Crippen molar-refractivity contribution >= 4 is 34.6 Å². The summed E-state index contributed by atoms with van der Waals surface area (Å²) in [6.07, 6.45) is 3.80. The smallest absolute Gasteiger partial charge is 0.174 e. The fraction of sp³-hybridized carbons (Fsp3) is 0.120. The van der Waals surface area contributed by atoms with E-state index in [0.717, 1.165) is 27.7 Å². The van der Waals surface area contributed by atoms with Crippen molar-refractivity contribution in [3.8, 4) is 11.4 Å². The van der Waals surface area contributed by atoms with Crippen LogP contribution in [0.3, 0.4) is 0 Å². The maximum atomic E-state index is 10.6. The van der Waals surface area contributed by atoms with Crippen LogP contribution in [-0.2, 0) is 0 Å². The van der Waals surface area contributed by atoms with Crippen LogP contribution in [0.4, 0.5) is 5.69 Å². The molecule has 4 aromatic rings. The normalized spacial score (nSPS) is 18.1. The predicted octanol–water partition coefficient (Wildman–Crippen LogP) is 5.72. The van der Waals surface area contributed by atoms with Gasteiger partial charge in [0.05, 0.1) is 17.4 Å². The van der Waals surface area contributed by atoms with E-state index < -0.39 is 0 Å². The molecule has 2 atom stereocenters. The first-order valence-corrected chi connectivity index (χ1v) is 11.1. The minimum absolute atomic E-state index is 0.170. The third kappa shape index (κ3) is 3.51. The number of para-hydroxylation sites is 2. The zero-order valence-electron chi connectivity index (χ0n) is 17.3. The number of nitrogens with one attached hydrogen (secondary N) is 1. The molecule has 1 saturated heterocycles. The number of aromatic hydroxyl groups is 1. The van der Waals surface area contributed by atoms with Crippen molar-refractivity contribution in [3.63, 3.8) is 0 Å². The molecule has 1 aliphatic rings. The van der Waals surface area contributed by atoms with Crippen molar-refractivity contribution in [2.75, 3.05) is 4.90 Å².